The fourth-order valence-electron chi connectivity index (χ4n) is 3.39. The van der Waals surface area contributed by atoms with Gasteiger partial charge in [-0.2, -0.15) is 4.98 Å². The van der Waals surface area contributed by atoms with Gasteiger partial charge < -0.3 is 14.4 Å². The summed E-state index contributed by atoms with van der Waals surface area (Å²) in [7, 11) is 0. The van der Waals surface area contributed by atoms with Crippen molar-refractivity contribution in [2.24, 2.45) is 0 Å². The molecule has 27 heavy (non-hydrogen) atoms. The number of imidazole rings is 1. The van der Waals surface area contributed by atoms with Gasteiger partial charge in [0.05, 0.1) is 5.56 Å². The molecule has 0 saturated heterocycles. The van der Waals surface area contributed by atoms with Crippen molar-refractivity contribution >= 4 is 5.91 Å². The van der Waals surface area contributed by atoms with Crippen LogP contribution in [-0.2, 0) is 11.3 Å². The van der Waals surface area contributed by atoms with Gasteiger partial charge in [0.1, 0.15) is 18.1 Å². The molecule has 0 atom stereocenters. The number of nitrogens with one attached hydrogen (secondary N) is 1. The minimum Gasteiger partial charge on any atom is -0.352 e. The van der Waals surface area contributed by atoms with Gasteiger partial charge in [-0.05, 0) is 31.9 Å². The van der Waals surface area contributed by atoms with E-state index in [9.17, 15) is 4.79 Å². The van der Waals surface area contributed by atoms with Crippen molar-refractivity contribution in [3.8, 4) is 23.0 Å². The molecule has 1 fully saturated rings. The average molecular weight is 366 g/mol. The largest absolute Gasteiger partial charge is 0.352 e. The lowest BCUT2D eigenvalue weighted by atomic mass is 9.95. The topological polar surface area (TPSA) is 98.7 Å². The van der Waals surface area contributed by atoms with Gasteiger partial charge in [-0.25, -0.2) is 4.98 Å². The molecule has 140 valence electrons. The van der Waals surface area contributed by atoms with E-state index in [1.54, 1.807) is 18.6 Å². The Morgan fingerprint density at radius 3 is 2.93 bits per heavy atom. The maximum absolute atomic E-state index is 12.4. The summed E-state index contributed by atoms with van der Waals surface area (Å²) in [6.07, 6.45) is 10.9. The van der Waals surface area contributed by atoms with Crippen LogP contribution in [0.5, 0.6) is 0 Å². The molecule has 1 N–H and O–H groups in total. The number of carbonyl (C=O) groups is 1. The molecule has 0 spiro atoms. The first kappa shape index (κ1) is 17.4. The quantitative estimate of drug-likeness (QED) is 0.745. The van der Waals surface area contributed by atoms with E-state index in [1.807, 2.05) is 23.6 Å². The first-order valence-corrected chi connectivity index (χ1v) is 9.26. The molecule has 8 nitrogen and oxygen atoms in total. The molecule has 1 aliphatic rings. The molecule has 8 heteroatoms. The minimum atomic E-state index is 0.0121. The van der Waals surface area contributed by atoms with Crippen molar-refractivity contribution in [2.45, 2.75) is 51.6 Å². The lowest BCUT2D eigenvalue weighted by molar-refractivity contribution is -0.122. The number of rotatable bonds is 5. The molecule has 1 amide bonds. The standard InChI is InChI=1S/C19H22N6O2/c1-13-21-16(18-23-19(27-24-18)14-6-5-9-20-10-14)11-25(13)12-17(26)22-15-7-3-2-4-8-15/h5-6,9-11,15H,2-4,7-8,12H2,1H3,(H,22,26). The highest BCUT2D eigenvalue weighted by Crippen LogP contribution is 2.21. The second-order valence-electron chi connectivity index (χ2n) is 6.87. The van der Waals surface area contributed by atoms with Crippen LogP contribution >= 0.6 is 0 Å². The van der Waals surface area contributed by atoms with Crippen molar-refractivity contribution in [1.82, 2.24) is 30.0 Å². The number of hydrogen-bond donors (Lipinski definition) is 1. The molecule has 0 bridgehead atoms. The number of aryl methyl sites for hydroxylation is 1. The number of pyridine rings is 1. The lowest BCUT2D eigenvalue weighted by Crippen LogP contribution is -2.38. The summed E-state index contributed by atoms with van der Waals surface area (Å²) in [5.74, 6) is 1.53. The van der Waals surface area contributed by atoms with Crippen molar-refractivity contribution in [3.05, 3.63) is 36.5 Å². The monoisotopic (exact) mass is 366 g/mol. The molecule has 3 heterocycles. The zero-order chi connectivity index (χ0) is 18.6. The Hall–Kier alpha value is -3.03. The van der Waals surface area contributed by atoms with Crippen LogP contribution < -0.4 is 5.32 Å². The summed E-state index contributed by atoms with van der Waals surface area (Å²) in [5, 5.41) is 7.12. The van der Waals surface area contributed by atoms with E-state index in [4.69, 9.17) is 4.52 Å². The molecule has 0 radical (unpaired) electrons. The number of amides is 1. The molecule has 0 unspecified atom stereocenters. The van der Waals surface area contributed by atoms with Crippen molar-refractivity contribution in [1.29, 1.82) is 0 Å². The normalized spacial score (nSPS) is 15.0. The van der Waals surface area contributed by atoms with Gasteiger partial charge in [-0.15, -0.1) is 0 Å². The fraction of sp³-hybridized carbons (Fsp3) is 0.421. The summed E-state index contributed by atoms with van der Waals surface area (Å²) in [6, 6.07) is 3.96. The second-order valence-corrected chi connectivity index (χ2v) is 6.87. The van der Waals surface area contributed by atoms with Crippen molar-refractivity contribution in [3.63, 3.8) is 0 Å². The predicted octanol–water partition coefficient (Wildman–Crippen LogP) is 2.75. The molecule has 3 aromatic rings. The molecule has 0 aliphatic heterocycles. The van der Waals surface area contributed by atoms with E-state index in [1.165, 1.54) is 19.3 Å². The third-order valence-electron chi connectivity index (χ3n) is 4.82. The molecule has 3 aromatic heterocycles. The van der Waals surface area contributed by atoms with Gasteiger partial charge in [-0.3, -0.25) is 9.78 Å². The Labute approximate surface area is 157 Å². The van der Waals surface area contributed by atoms with Crippen LogP contribution in [0.1, 0.15) is 37.9 Å². The van der Waals surface area contributed by atoms with Gasteiger partial charge in [0, 0.05) is 24.6 Å². The molecule has 4 rings (SSSR count). The maximum Gasteiger partial charge on any atom is 0.259 e. The van der Waals surface area contributed by atoms with E-state index in [-0.39, 0.29) is 12.5 Å². The fourth-order valence-corrected chi connectivity index (χ4v) is 3.39. The van der Waals surface area contributed by atoms with Crippen LogP contribution in [-0.4, -0.2) is 36.6 Å². The number of hydrogen-bond acceptors (Lipinski definition) is 6. The molecular formula is C19H22N6O2. The summed E-state index contributed by atoms with van der Waals surface area (Å²) in [6.45, 7) is 2.10. The van der Waals surface area contributed by atoms with Crippen molar-refractivity contribution in [2.75, 3.05) is 0 Å². The van der Waals surface area contributed by atoms with Crippen molar-refractivity contribution < 1.29 is 9.32 Å². The number of aromatic nitrogens is 5. The Morgan fingerprint density at radius 2 is 2.15 bits per heavy atom. The van der Waals surface area contributed by atoms with E-state index < -0.39 is 0 Å². The highest BCUT2D eigenvalue weighted by molar-refractivity contribution is 5.76. The van der Waals surface area contributed by atoms with Crippen LogP contribution in [0.2, 0.25) is 0 Å². The summed E-state index contributed by atoms with van der Waals surface area (Å²) in [4.78, 5) is 25.3. The van der Waals surface area contributed by atoms with Gasteiger partial charge >= 0.3 is 0 Å². The minimum absolute atomic E-state index is 0.0121. The highest BCUT2D eigenvalue weighted by atomic mass is 16.5. The van der Waals surface area contributed by atoms with Crippen LogP contribution in [0, 0.1) is 6.92 Å². The number of nitrogens with zero attached hydrogens (tertiary/aromatic N) is 5. The second kappa shape index (κ2) is 7.69. The van der Waals surface area contributed by atoms with Gasteiger partial charge in [0.25, 0.3) is 5.89 Å². The van der Waals surface area contributed by atoms with Crippen LogP contribution in [0.3, 0.4) is 0 Å². The summed E-state index contributed by atoms with van der Waals surface area (Å²) >= 11 is 0. The van der Waals surface area contributed by atoms with Gasteiger partial charge in [0.15, 0.2) is 0 Å². The molecule has 1 aliphatic carbocycles. The zero-order valence-electron chi connectivity index (χ0n) is 15.3. The number of carbonyl (C=O) groups excluding carboxylic acids is 1. The molecular weight excluding hydrogens is 344 g/mol. The Kier molecular flexibility index (Phi) is 4.95. The average Bonchev–Trinajstić information content (AvgIpc) is 3.31. The summed E-state index contributed by atoms with van der Waals surface area (Å²) in [5.41, 5.74) is 1.33. The van der Waals surface area contributed by atoms with E-state index in [0.717, 1.165) is 24.2 Å². The first-order valence-electron chi connectivity index (χ1n) is 9.26. The lowest BCUT2D eigenvalue weighted by Gasteiger charge is -2.22. The summed E-state index contributed by atoms with van der Waals surface area (Å²) < 4.78 is 7.12. The van der Waals surface area contributed by atoms with Gasteiger partial charge in [-0.1, -0.05) is 24.4 Å². The Morgan fingerprint density at radius 1 is 1.30 bits per heavy atom. The maximum atomic E-state index is 12.4. The Balaban J connectivity index is 1.45. The zero-order valence-corrected chi connectivity index (χ0v) is 15.3. The van der Waals surface area contributed by atoms with E-state index in [0.29, 0.717) is 23.5 Å². The third kappa shape index (κ3) is 4.05. The van der Waals surface area contributed by atoms with Crippen LogP contribution in [0.4, 0.5) is 0 Å². The van der Waals surface area contributed by atoms with Crippen LogP contribution in [0.25, 0.3) is 23.0 Å². The SMILES string of the molecule is Cc1nc(-c2noc(-c3cccnc3)n2)cn1CC(=O)NC1CCCCC1. The van der Waals surface area contributed by atoms with E-state index in [2.05, 4.69) is 25.4 Å². The van der Waals surface area contributed by atoms with Gasteiger partial charge in [0.2, 0.25) is 11.7 Å². The predicted molar refractivity (Wildman–Crippen MR) is 98.5 cm³/mol. The molecule has 0 aromatic carbocycles. The Bertz CT molecular complexity index is 911. The smallest absolute Gasteiger partial charge is 0.259 e. The third-order valence-corrected chi connectivity index (χ3v) is 4.82. The van der Waals surface area contributed by atoms with E-state index >= 15 is 0 Å². The first-order chi connectivity index (χ1) is 13.2. The van der Waals surface area contributed by atoms with Crippen LogP contribution in [0.15, 0.2) is 35.2 Å². The molecule has 1 saturated carbocycles. The highest BCUT2D eigenvalue weighted by Gasteiger charge is 2.18.